The fourth-order valence-corrected chi connectivity index (χ4v) is 4.48. The predicted molar refractivity (Wildman–Crippen MR) is 116 cm³/mol. The Morgan fingerprint density at radius 2 is 2.11 bits per heavy atom. The van der Waals surface area contributed by atoms with E-state index in [2.05, 4.69) is 66.9 Å². The average Bonchev–Trinajstić information content (AvgIpc) is 3.25. The topological polar surface area (TPSA) is 42.7 Å². The Morgan fingerprint density at radius 1 is 1.26 bits per heavy atom. The minimum atomic E-state index is 0.888. The highest BCUT2D eigenvalue weighted by Crippen LogP contribution is 2.34. The number of fused-ring (bicyclic) bond motifs is 2. The molecule has 138 valence electrons. The predicted octanol–water partition coefficient (Wildman–Crippen LogP) is 5.17. The highest BCUT2D eigenvalue weighted by Gasteiger charge is 2.11. The van der Waals surface area contributed by atoms with Crippen LogP contribution >= 0.6 is 11.3 Å². The van der Waals surface area contributed by atoms with Crippen molar-refractivity contribution in [3.05, 3.63) is 53.7 Å². The maximum Gasteiger partial charge on any atom is 0.124 e. The maximum atomic E-state index is 4.89. The number of rotatable bonds is 5. The van der Waals surface area contributed by atoms with Crippen LogP contribution in [0.4, 0.5) is 0 Å². The molecule has 4 nitrogen and oxygen atoms in total. The second kappa shape index (κ2) is 7.25. The number of likely N-dealkylation sites (N-methyl/N-ethyl adjacent to an activating group) is 1. The summed E-state index contributed by atoms with van der Waals surface area (Å²) >= 11 is 1.76. The molecule has 1 N–H and O–H groups in total. The number of hydrogen-bond donors (Lipinski definition) is 1. The van der Waals surface area contributed by atoms with Crippen molar-refractivity contribution in [2.45, 2.75) is 20.3 Å². The summed E-state index contributed by atoms with van der Waals surface area (Å²) in [7, 11) is 3.94. The van der Waals surface area contributed by atoms with Crippen LogP contribution in [0.15, 0.2) is 42.6 Å². The number of aryl methyl sites for hydroxylation is 2. The highest BCUT2D eigenvalue weighted by molar-refractivity contribution is 7.21. The Morgan fingerprint density at radius 3 is 2.89 bits per heavy atom. The summed E-state index contributed by atoms with van der Waals surface area (Å²) in [6.07, 6.45) is 5.36. The summed E-state index contributed by atoms with van der Waals surface area (Å²) in [4.78, 5) is 4.89. The zero-order valence-electron chi connectivity index (χ0n) is 16.2. The molecule has 2 aromatic carbocycles. The number of nitrogens with one attached hydrogen (secondary N) is 1. The number of nitrogens with zero attached hydrogens (tertiary/aromatic N) is 3. The molecule has 0 radical (unpaired) electrons. The molecule has 0 aliphatic rings. The fraction of sp³-hybridized carbons (Fsp3) is 0.273. The van der Waals surface area contributed by atoms with E-state index in [1.807, 2.05) is 18.8 Å². The minimum Gasteiger partial charge on any atom is -0.316 e. The van der Waals surface area contributed by atoms with Gasteiger partial charge in [0.2, 0.25) is 0 Å². The second-order valence-corrected chi connectivity index (χ2v) is 7.91. The van der Waals surface area contributed by atoms with E-state index in [9.17, 15) is 0 Å². The third kappa shape index (κ3) is 3.40. The van der Waals surface area contributed by atoms with E-state index in [1.165, 1.54) is 21.4 Å². The van der Waals surface area contributed by atoms with Gasteiger partial charge >= 0.3 is 0 Å². The molecule has 0 aliphatic carbocycles. The molecule has 5 heteroatoms. The first-order chi connectivity index (χ1) is 13.1. The molecule has 0 fully saturated rings. The average molecular weight is 377 g/mol. The summed E-state index contributed by atoms with van der Waals surface area (Å²) in [6, 6.07) is 11.0. The summed E-state index contributed by atoms with van der Waals surface area (Å²) in [5.74, 6) is 0. The highest BCUT2D eigenvalue weighted by atomic mass is 32.1. The Bertz CT molecular complexity index is 1150. The quantitative estimate of drug-likeness (QED) is 0.522. The van der Waals surface area contributed by atoms with Gasteiger partial charge in [0.05, 0.1) is 15.7 Å². The molecule has 0 saturated heterocycles. The molecule has 2 aromatic heterocycles. The van der Waals surface area contributed by atoms with Gasteiger partial charge in [-0.1, -0.05) is 19.1 Å². The first-order valence-electron chi connectivity index (χ1n) is 9.28. The smallest absolute Gasteiger partial charge is 0.124 e. The van der Waals surface area contributed by atoms with Crippen molar-refractivity contribution in [1.29, 1.82) is 0 Å². The monoisotopic (exact) mass is 376 g/mol. The zero-order valence-corrected chi connectivity index (χ0v) is 17.0. The van der Waals surface area contributed by atoms with Crippen molar-refractivity contribution in [3.63, 3.8) is 0 Å². The number of thiazole rings is 1. The van der Waals surface area contributed by atoms with Gasteiger partial charge in [-0.2, -0.15) is 5.10 Å². The molecular weight excluding hydrogens is 352 g/mol. The molecular formula is C22H24N4S. The van der Waals surface area contributed by atoms with Gasteiger partial charge in [0, 0.05) is 30.7 Å². The SMILES string of the molecule is CC/C(=C\CNC)c1ccc2nc(-c3cc(C)c4nn(C)cc4c3)sc2c1. The van der Waals surface area contributed by atoms with Crippen LogP contribution in [0.2, 0.25) is 0 Å². The van der Waals surface area contributed by atoms with Gasteiger partial charge in [-0.15, -0.1) is 11.3 Å². The summed E-state index contributed by atoms with van der Waals surface area (Å²) in [6.45, 7) is 5.21. The van der Waals surface area contributed by atoms with Crippen LogP contribution in [0.25, 0.3) is 37.3 Å². The van der Waals surface area contributed by atoms with E-state index in [0.29, 0.717) is 0 Å². The van der Waals surface area contributed by atoms with E-state index in [0.717, 1.165) is 40.0 Å². The van der Waals surface area contributed by atoms with Crippen LogP contribution in [-0.4, -0.2) is 28.4 Å². The van der Waals surface area contributed by atoms with Crippen LogP contribution in [0.1, 0.15) is 24.5 Å². The lowest BCUT2D eigenvalue weighted by Crippen LogP contribution is -2.05. The lowest BCUT2D eigenvalue weighted by molar-refractivity contribution is 0.779. The minimum absolute atomic E-state index is 0.888. The van der Waals surface area contributed by atoms with Gasteiger partial charge in [0.25, 0.3) is 0 Å². The number of benzene rings is 2. The van der Waals surface area contributed by atoms with Gasteiger partial charge in [0.1, 0.15) is 5.01 Å². The lowest BCUT2D eigenvalue weighted by Gasteiger charge is -2.05. The molecule has 4 aromatic rings. The molecule has 0 unspecified atom stereocenters. The standard InChI is InChI=1S/C22H24N4S/c1-5-15(8-9-23-3)16-6-7-19-20(12-16)27-22(24-19)17-10-14(2)21-18(11-17)13-26(4)25-21/h6-8,10-13,23H,5,9H2,1-4H3/b15-8+. The molecule has 2 heterocycles. The summed E-state index contributed by atoms with van der Waals surface area (Å²) in [5.41, 5.74) is 7.13. The van der Waals surface area contributed by atoms with Crippen LogP contribution in [0.5, 0.6) is 0 Å². The Labute approximate surface area is 163 Å². The Balaban J connectivity index is 1.77. The molecule has 0 atom stereocenters. The van der Waals surface area contributed by atoms with Crippen LogP contribution < -0.4 is 5.32 Å². The lowest BCUT2D eigenvalue weighted by atomic mass is 10.0. The van der Waals surface area contributed by atoms with Crippen molar-refractivity contribution in [3.8, 4) is 10.6 Å². The van der Waals surface area contributed by atoms with Crippen LogP contribution in [0, 0.1) is 6.92 Å². The normalized spacial score (nSPS) is 12.4. The van der Waals surface area contributed by atoms with Gasteiger partial charge in [-0.05, 0) is 61.4 Å². The Kier molecular flexibility index (Phi) is 4.81. The van der Waals surface area contributed by atoms with Crippen molar-refractivity contribution in [1.82, 2.24) is 20.1 Å². The van der Waals surface area contributed by atoms with Crippen LogP contribution in [-0.2, 0) is 7.05 Å². The van der Waals surface area contributed by atoms with Crippen LogP contribution in [0.3, 0.4) is 0 Å². The summed E-state index contributed by atoms with van der Waals surface area (Å²) in [5, 5.41) is 9.96. The number of aromatic nitrogens is 3. The third-order valence-corrected chi connectivity index (χ3v) is 5.92. The van der Waals surface area contributed by atoms with E-state index in [4.69, 9.17) is 4.98 Å². The second-order valence-electron chi connectivity index (χ2n) is 6.88. The molecule has 0 bridgehead atoms. The van der Waals surface area contributed by atoms with Gasteiger partial charge in [-0.3, -0.25) is 4.68 Å². The zero-order chi connectivity index (χ0) is 19.0. The fourth-order valence-electron chi connectivity index (χ4n) is 3.49. The third-order valence-electron chi connectivity index (χ3n) is 4.85. The molecule has 0 spiro atoms. The van der Waals surface area contributed by atoms with E-state index in [-0.39, 0.29) is 0 Å². The van der Waals surface area contributed by atoms with Crippen molar-refractivity contribution < 1.29 is 0 Å². The number of allylic oxidation sites excluding steroid dienone is 1. The largest absolute Gasteiger partial charge is 0.316 e. The van der Waals surface area contributed by atoms with Gasteiger partial charge in [0.15, 0.2) is 0 Å². The molecule has 0 saturated carbocycles. The summed E-state index contributed by atoms with van der Waals surface area (Å²) < 4.78 is 3.10. The molecule has 0 amide bonds. The van der Waals surface area contributed by atoms with Crippen molar-refractivity contribution in [2.24, 2.45) is 7.05 Å². The van der Waals surface area contributed by atoms with E-state index >= 15 is 0 Å². The Hall–Kier alpha value is -2.50. The van der Waals surface area contributed by atoms with Gasteiger partial charge < -0.3 is 5.32 Å². The van der Waals surface area contributed by atoms with Gasteiger partial charge in [-0.25, -0.2) is 4.98 Å². The number of hydrogen-bond acceptors (Lipinski definition) is 4. The molecule has 4 rings (SSSR count). The molecule has 27 heavy (non-hydrogen) atoms. The first-order valence-corrected chi connectivity index (χ1v) is 10.1. The maximum absolute atomic E-state index is 4.89. The van der Waals surface area contributed by atoms with E-state index in [1.54, 1.807) is 11.3 Å². The van der Waals surface area contributed by atoms with Crippen molar-refractivity contribution in [2.75, 3.05) is 13.6 Å². The first kappa shape index (κ1) is 17.9. The van der Waals surface area contributed by atoms with Crippen molar-refractivity contribution >= 4 is 38.0 Å². The molecule has 0 aliphatic heterocycles. The van der Waals surface area contributed by atoms with E-state index < -0.39 is 0 Å².